The van der Waals surface area contributed by atoms with E-state index < -0.39 is 0 Å². The summed E-state index contributed by atoms with van der Waals surface area (Å²) >= 11 is 1.55. The minimum absolute atomic E-state index is 0.193. The molecule has 1 aliphatic rings. The van der Waals surface area contributed by atoms with Gasteiger partial charge in [0.05, 0.1) is 18.7 Å². The summed E-state index contributed by atoms with van der Waals surface area (Å²) in [5, 5.41) is 3.47. The van der Waals surface area contributed by atoms with Crippen molar-refractivity contribution in [2.75, 3.05) is 32.6 Å². The topological polar surface area (TPSA) is 59.9 Å². The number of amidine groups is 1. The van der Waals surface area contributed by atoms with Crippen LogP contribution in [0.5, 0.6) is 5.75 Å². The van der Waals surface area contributed by atoms with Gasteiger partial charge < -0.3 is 14.8 Å². The lowest BCUT2D eigenvalue weighted by molar-refractivity contribution is 0.0970. The van der Waals surface area contributed by atoms with Crippen LogP contribution in [0.3, 0.4) is 0 Å². The zero-order valence-corrected chi connectivity index (χ0v) is 11.5. The maximum absolute atomic E-state index is 12.1. The number of rotatable bonds is 5. The second kappa shape index (κ2) is 7.16. The van der Waals surface area contributed by atoms with Gasteiger partial charge in [0.1, 0.15) is 12.4 Å². The molecule has 0 saturated heterocycles. The van der Waals surface area contributed by atoms with E-state index in [2.05, 4.69) is 10.3 Å². The third kappa shape index (κ3) is 3.97. The Kier molecular flexibility index (Phi) is 5.23. The second-order valence-electron chi connectivity index (χ2n) is 3.83. The molecule has 0 aliphatic carbocycles. The van der Waals surface area contributed by atoms with Crippen LogP contribution in [-0.2, 0) is 4.74 Å². The van der Waals surface area contributed by atoms with E-state index >= 15 is 0 Å². The van der Waals surface area contributed by atoms with Crippen molar-refractivity contribution < 1.29 is 14.3 Å². The molecule has 1 heterocycles. The van der Waals surface area contributed by atoms with Crippen molar-refractivity contribution in [3.8, 4) is 5.75 Å². The second-order valence-corrected chi connectivity index (χ2v) is 4.91. The van der Waals surface area contributed by atoms with Gasteiger partial charge >= 0.3 is 0 Å². The fraction of sp³-hybridized carbons (Fsp3) is 0.385. The van der Waals surface area contributed by atoms with Crippen LogP contribution in [0.2, 0.25) is 0 Å². The summed E-state index contributed by atoms with van der Waals surface area (Å²) in [6.07, 6.45) is 0. The number of amides is 1. The van der Waals surface area contributed by atoms with Crippen LogP contribution in [0, 0.1) is 0 Å². The summed E-state index contributed by atoms with van der Waals surface area (Å²) in [5.41, 5.74) is 0.508. The number of para-hydroxylation sites is 1. The quantitative estimate of drug-likeness (QED) is 0.831. The highest BCUT2D eigenvalue weighted by molar-refractivity contribution is 8.14. The number of thioether (sulfide) groups is 1. The van der Waals surface area contributed by atoms with Gasteiger partial charge in [0.2, 0.25) is 0 Å². The van der Waals surface area contributed by atoms with Gasteiger partial charge in [-0.25, -0.2) is 0 Å². The van der Waals surface area contributed by atoms with E-state index in [0.29, 0.717) is 29.7 Å². The molecule has 0 aromatic heterocycles. The van der Waals surface area contributed by atoms with Crippen LogP contribution in [-0.4, -0.2) is 43.7 Å². The van der Waals surface area contributed by atoms with Gasteiger partial charge in [-0.15, -0.1) is 0 Å². The first-order valence-corrected chi connectivity index (χ1v) is 6.99. The monoisotopic (exact) mass is 280 g/mol. The SMILES string of the molecule is COCCOc1ccccc1C(=O)NC1=NCCS1. The van der Waals surface area contributed by atoms with E-state index in [0.717, 1.165) is 12.3 Å². The zero-order valence-electron chi connectivity index (χ0n) is 10.7. The molecular weight excluding hydrogens is 264 g/mol. The third-order valence-electron chi connectivity index (χ3n) is 2.48. The molecular formula is C13H16N2O3S. The zero-order chi connectivity index (χ0) is 13.5. The van der Waals surface area contributed by atoms with E-state index in [4.69, 9.17) is 9.47 Å². The number of nitrogens with zero attached hydrogens (tertiary/aromatic N) is 1. The minimum Gasteiger partial charge on any atom is -0.490 e. The molecule has 2 rings (SSSR count). The first-order valence-electron chi connectivity index (χ1n) is 6.00. The lowest BCUT2D eigenvalue weighted by Crippen LogP contribution is -2.27. The molecule has 1 amide bonds. The van der Waals surface area contributed by atoms with Crippen LogP contribution in [0.1, 0.15) is 10.4 Å². The molecule has 0 bridgehead atoms. The first-order chi connectivity index (χ1) is 9.31. The average Bonchev–Trinajstić information content (AvgIpc) is 2.92. The number of aliphatic imine (C=N–C) groups is 1. The highest BCUT2D eigenvalue weighted by Crippen LogP contribution is 2.18. The van der Waals surface area contributed by atoms with Crippen molar-refractivity contribution in [2.24, 2.45) is 4.99 Å². The number of methoxy groups -OCH3 is 1. The van der Waals surface area contributed by atoms with Crippen LogP contribution >= 0.6 is 11.8 Å². The Morgan fingerprint density at radius 2 is 2.26 bits per heavy atom. The fourth-order valence-electron chi connectivity index (χ4n) is 1.59. The van der Waals surface area contributed by atoms with Crippen LogP contribution in [0.25, 0.3) is 0 Å². The van der Waals surface area contributed by atoms with Crippen molar-refractivity contribution in [1.29, 1.82) is 0 Å². The van der Waals surface area contributed by atoms with E-state index in [9.17, 15) is 4.79 Å². The molecule has 19 heavy (non-hydrogen) atoms. The average molecular weight is 280 g/mol. The molecule has 0 fully saturated rings. The normalized spacial score (nSPS) is 14.1. The number of hydrogen-bond donors (Lipinski definition) is 1. The lowest BCUT2D eigenvalue weighted by Gasteiger charge is -2.11. The van der Waals surface area contributed by atoms with Gasteiger partial charge in [-0.3, -0.25) is 9.79 Å². The summed E-state index contributed by atoms with van der Waals surface area (Å²) in [4.78, 5) is 16.3. The number of ether oxygens (including phenoxy) is 2. The molecule has 0 atom stereocenters. The predicted octanol–water partition coefficient (Wildman–Crippen LogP) is 1.54. The molecule has 6 heteroatoms. The van der Waals surface area contributed by atoms with Gasteiger partial charge in [-0.2, -0.15) is 0 Å². The summed E-state index contributed by atoms with van der Waals surface area (Å²) < 4.78 is 10.5. The predicted molar refractivity (Wildman–Crippen MR) is 76.0 cm³/mol. The number of carbonyl (C=O) groups excluding carboxylic acids is 1. The van der Waals surface area contributed by atoms with Crippen molar-refractivity contribution in [1.82, 2.24) is 5.32 Å². The maximum Gasteiger partial charge on any atom is 0.260 e. The van der Waals surface area contributed by atoms with E-state index in [1.165, 1.54) is 0 Å². The number of benzene rings is 1. The van der Waals surface area contributed by atoms with Gasteiger partial charge in [-0.05, 0) is 12.1 Å². The maximum atomic E-state index is 12.1. The number of nitrogens with one attached hydrogen (secondary N) is 1. The van der Waals surface area contributed by atoms with Gasteiger partial charge in [0, 0.05) is 12.9 Å². The first kappa shape index (κ1) is 13.9. The molecule has 0 unspecified atom stereocenters. The molecule has 0 spiro atoms. The Balaban J connectivity index is 2.03. The lowest BCUT2D eigenvalue weighted by atomic mass is 10.2. The van der Waals surface area contributed by atoms with Crippen molar-refractivity contribution in [2.45, 2.75) is 0 Å². The minimum atomic E-state index is -0.193. The molecule has 1 aliphatic heterocycles. The Morgan fingerprint density at radius 1 is 1.42 bits per heavy atom. The molecule has 5 nitrogen and oxygen atoms in total. The van der Waals surface area contributed by atoms with E-state index in [1.807, 2.05) is 12.1 Å². The standard InChI is InChI=1S/C13H16N2O3S/c1-17-7-8-18-11-5-3-2-4-10(11)12(16)15-13-14-6-9-19-13/h2-5H,6-9H2,1H3,(H,14,15,16). The summed E-state index contributed by atoms with van der Waals surface area (Å²) in [6, 6.07) is 7.15. The van der Waals surface area contributed by atoms with Crippen molar-refractivity contribution in [3.05, 3.63) is 29.8 Å². The van der Waals surface area contributed by atoms with Gasteiger partial charge in [0.25, 0.3) is 5.91 Å². The molecule has 1 N–H and O–H groups in total. The van der Waals surface area contributed by atoms with Crippen molar-refractivity contribution >= 4 is 22.8 Å². The number of carbonyl (C=O) groups is 1. The Bertz CT molecular complexity index is 477. The summed E-state index contributed by atoms with van der Waals surface area (Å²) in [7, 11) is 1.61. The molecule has 1 aromatic rings. The highest BCUT2D eigenvalue weighted by Gasteiger charge is 2.16. The van der Waals surface area contributed by atoms with Crippen molar-refractivity contribution in [3.63, 3.8) is 0 Å². The Labute approximate surface area is 116 Å². The molecule has 0 saturated carbocycles. The molecule has 1 aromatic carbocycles. The molecule has 0 radical (unpaired) electrons. The Hall–Kier alpha value is -1.53. The fourth-order valence-corrected chi connectivity index (χ4v) is 2.31. The number of hydrogen-bond acceptors (Lipinski definition) is 5. The smallest absolute Gasteiger partial charge is 0.260 e. The largest absolute Gasteiger partial charge is 0.490 e. The van der Waals surface area contributed by atoms with E-state index in [-0.39, 0.29) is 5.91 Å². The van der Waals surface area contributed by atoms with Crippen LogP contribution in [0.4, 0.5) is 0 Å². The summed E-state index contributed by atoms with van der Waals surface area (Å²) in [5.74, 6) is 1.28. The van der Waals surface area contributed by atoms with E-state index in [1.54, 1.807) is 31.0 Å². The Morgan fingerprint density at radius 3 is 3.00 bits per heavy atom. The van der Waals surface area contributed by atoms with Crippen LogP contribution < -0.4 is 10.1 Å². The highest BCUT2D eigenvalue weighted by atomic mass is 32.2. The summed E-state index contributed by atoms with van der Waals surface area (Å²) in [6.45, 7) is 1.65. The van der Waals surface area contributed by atoms with Gasteiger partial charge in [0.15, 0.2) is 5.17 Å². The van der Waals surface area contributed by atoms with Crippen LogP contribution in [0.15, 0.2) is 29.3 Å². The molecule has 102 valence electrons. The third-order valence-corrected chi connectivity index (χ3v) is 3.37. The van der Waals surface area contributed by atoms with Gasteiger partial charge in [-0.1, -0.05) is 23.9 Å².